The summed E-state index contributed by atoms with van der Waals surface area (Å²) >= 11 is 0. The van der Waals surface area contributed by atoms with Gasteiger partial charge in [-0.15, -0.1) is 0 Å². The van der Waals surface area contributed by atoms with Crippen LogP contribution < -0.4 is 16.4 Å². The topological polar surface area (TPSA) is 120 Å². The van der Waals surface area contributed by atoms with Crippen molar-refractivity contribution in [2.24, 2.45) is 11.7 Å². The molecule has 0 fully saturated rings. The fourth-order valence-corrected chi connectivity index (χ4v) is 2.08. The minimum Gasteiger partial charge on any atom is -0.466 e. The van der Waals surface area contributed by atoms with Gasteiger partial charge in [-0.3, -0.25) is 4.79 Å². The molecule has 0 saturated heterocycles. The van der Waals surface area contributed by atoms with Crippen LogP contribution in [0.4, 0.5) is 4.79 Å². The molecule has 2 atom stereocenters. The highest BCUT2D eigenvalue weighted by Gasteiger charge is 2.19. The second-order valence-corrected chi connectivity index (χ2v) is 7.69. The SMILES string of the molecule is COC(=O)/C=C/[C@@H](NC(=O)[C@@H](N)CCCCNC(=O)OC(C)(C)C)C(C)C. The minimum atomic E-state index is -0.653. The average Bonchev–Trinajstić information content (AvgIpc) is 2.55. The number of nitrogens with two attached hydrogens (primary N) is 1. The number of nitrogens with one attached hydrogen (secondary N) is 2. The third-order valence-corrected chi connectivity index (χ3v) is 3.61. The van der Waals surface area contributed by atoms with Crippen molar-refractivity contribution >= 4 is 18.0 Å². The van der Waals surface area contributed by atoms with Crippen LogP contribution in [0.15, 0.2) is 12.2 Å². The molecule has 27 heavy (non-hydrogen) atoms. The van der Waals surface area contributed by atoms with Crippen LogP contribution in [0.1, 0.15) is 53.9 Å². The first kappa shape index (κ1) is 24.9. The molecular formula is C19H35N3O5. The van der Waals surface area contributed by atoms with Crippen LogP contribution in [0.25, 0.3) is 0 Å². The Hall–Kier alpha value is -2.09. The Morgan fingerprint density at radius 3 is 2.30 bits per heavy atom. The van der Waals surface area contributed by atoms with E-state index in [1.54, 1.807) is 26.8 Å². The highest BCUT2D eigenvalue weighted by atomic mass is 16.6. The Morgan fingerprint density at radius 2 is 1.78 bits per heavy atom. The van der Waals surface area contributed by atoms with Crippen LogP contribution in [0.2, 0.25) is 0 Å². The van der Waals surface area contributed by atoms with E-state index in [1.165, 1.54) is 13.2 Å². The van der Waals surface area contributed by atoms with Gasteiger partial charge < -0.3 is 25.8 Å². The number of carbonyl (C=O) groups is 3. The van der Waals surface area contributed by atoms with Gasteiger partial charge >= 0.3 is 12.1 Å². The summed E-state index contributed by atoms with van der Waals surface area (Å²) in [6.45, 7) is 9.72. The molecule has 0 aliphatic rings. The number of alkyl carbamates (subject to hydrolysis) is 1. The number of hydrogen-bond acceptors (Lipinski definition) is 6. The van der Waals surface area contributed by atoms with Crippen LogP contribution in [0, 0.1) is 5.92 Å². The smallest absolute Gasteiger partial charge is 0.407 e. The molecule has 0 aliphatic carbocycles. The zero-order chi connectivity index (χ0) is 21.0. The first-order valence-corrected chi connectivity index (χ1v) is 9.25. The lowest BCUT2D eigenvalue weighted by atomic mass is 10.0. The van der Waals surface area contributed by atoms with Gasteiger partial charge in [0.25, 0.3) is 0 Å². The normalized spacial score (nSPS) is 13.9. The highest BCUT2D eigenvalue weighted by Crippen LogP contribution is 2.07. The molecule has 0 spiro atoms. The summed E-state index contributed by atoms with van der Waals surface area (Å²) < 4.78 is 9.69. The number of unbranched alkanes of at least 4 members (excludes halogenated alkanes) is 1. The van der Waals surface area contributed by atoms with Gasteiger partial charge in [0.15, 0.2) is 0 Å². The molecule has 156 valence electrons. The van der Waals surface area contributed by atoms with E-state index in [0.717, 1.165) is 0 Å². The van der Waals surface area contributed by atoms with Crippen LogP contribution in [-0.2, 0) is 19.1 Å². The predicted octanol–water partition coefficient (Wildman–Crippen LogP) is 1.88. The molecule has 0 aromatic rings. The standard InChI is InChI=1S/C19H35N3O5/c1-13(2)15(10-11-16(23)26-6)22-17(24)14(20)9-7-8-12-21-18(25)27-19(3,4)5/h10-11,13-15H,7-9,12,20H2,1-6H3,(H,21,25)(H,22,24)/b11-10+/t14-,15+/m0/s1. The van der Waals surface area contributed by atoms with Crippen molar-refractivity contribution in [1.29, 1.82) is 0 Å². The third-order valence-electron chi connectivity index (χ3n) is 3.61. The van der Waals surface area contributed by atoms with Gasteiger partial charge in [0.2, 0.25) is 5.91 Å². The van der Waals surface area contributed by atoms with E-state index >= 15 is 0 Å². The number of methoxy groups -OCH3 is 1. The van der Waals surface area contributed by atoms with Crippen LogP contribution >= 0.6 is 0 Å². The molecular weight excluding hydrogens is 350 g/mol. The minimum absolute atomic E-state index is 0.0973. The van der Waals surface area contributed by atoms with Crippen LogP contribution in [-0.4, -0.2) is 49.3 Å². The molecule has 0 heterocycles. The number of hydrogen-bond donors (Lipinski definition) is 3. The van der Waals surface area contributed by atoms with Crippen molar-refractivity contribution < 1.29 is 23.9 Å². The van der Waals surface area contributed by atoms with Crippen molar-refractivity contribution in [2.45, 2.75) is 71.6 Å². The van der Waals surface area contributed by atoms with Crippen molar-refractivity contribution in [3.8, 4) is 0 Å². The Kier molecular flexibility index (Phi) is 11.4. The fourth-order valence-electron chi connectivity index (χ4n) is 2.08. The second-order valence-electron chi connectivity index (χ2n) is 7.69. The number of amides is 2. The van der Waals surface area contributed by atoms with Gasteiger partial charge in [0.1, 0.15) is 5.60 Å². The van der Waals surface area contributed by atoms with E-state index in [-0.39, 0.29) is 17.9 Å². The molecule has 4 N–H and O–H groups in total. The quantitative estimate of drug-likeness (QED) is 0.300. The zero-order valence-corrected chi connectivity index (χ0v) is 17.3. The fraction of sp³-hybridized carbons (Fsp3) is 0.737. The van der Waals surface area contributed by atoms with E-state index in [4.69, 9.17) is 10.5 Å². The van der Waals surface area contributed by atoms with Crippen LogP contribution in [0.3, 0.4) is 0 Å². The van der Waals surface area contributed by atoms with Gasteiger partial charge in [-0.2, -0.15) is 0 Å². The molecule has 0 saturated carbocycles. The molecule has 0 rings (SSSR count). The lowest BCUT2D eigenvalue weighted by molar-refractivity contribution is -0.135. The first-order valence-electron chi connectivity index (χ1n) is 9.25. The number of rotatable bonds is 10. The molecule has 8 heteroatoms. The van der Waals surface area contributed by atoms with E-state index in [2.05, 4.69) is 15.4 Å². The predicted molar refractivity (Wildman–Crippen MR) is 104 cm³/mol. The van der Waals surface area contributed by atoms with E-state index in [9.17, 15) is 14.4 Å². The van der Waals surface area contributed by atoms with Gasteiger partial charge in [-0.25, -0.2) is 9.59 Å². The summed E-state index contributed by atoms with van der Waals surface area (Å²) in [5.74, 6) is -0.653. The lowest BCUT2D eigenvalue weighted by Crippen LogP contribution is -2.46. The summed E-state index contributed by atoms with van der Waals surface area (Å²) in [7, 11) is 1.29. The van der Waals surface area contributed by atoms with Gasteiger partial charge in [0, 0.05) is 18.7 Å². The van der Waals surface area contributed by atoms with Gasteiger partial charge in [-0.05, 0) is 46.0 Å². The molecule has 0 unspecified atom stereocenters. The van der Waals surface area contributed by atoms with E-state index < -0.39 is 23.7 Å². The molecule has 0 radical (unpaired) electrons. The maximum absolute atomic E-state index is 12.2. The maximum Gasteiger partial charge on any atom is 0.407 e. The number of esters is 1. The monoisotopic (exact) mass is 385 g/mol. The molecule has 8 nitrogen and oxygen atoms in total. The summed E-state index contributed by atoms with van der Waals surface area (Å²) in [6.07, 6.45) is 4.31. The maximum atomic E-state index is 12.2. The number of ether oxygens (including phenoxy) is 2. The molecule has 0 aliphatic heterocycles. The van der Waals surface area contributed by atoms with E-state index in [0.29, 0.717) is 25.8 Å². The molecule has 0 aromatic heterocycles. The Balaban J connectivity index is 4.21. The van der Waals surface area contributed by atoms with Crippen molar-refractivity contribution in [2.75, 3.05) is 13.7 Å². The summed E-state index contributed by atoms with van der Waals surface area (Å²) in [6, 6.07) is -0.962. The van der Waals surface area contributed by atoms with Gasteiger partial charge in [0.05, 0.1) is 13.2 Å². The zero-order valence-electron chi connectivity index (χ0n) is 17.3. The Labute approximate surface area is 162 Å². The molecule has 2 amide bonds. The summed E-state index contributed by atoms with van der Waals surface area (Å²) in [5.41, 5.74) is 5.41. The average molecular weight is 386 g/mol. The Bertz CT molecular complexity index is 512. The van der Waals surface area contributed by atoms with Crippen molar-refractivity contribution in [3.63, 3.8) is 0 Å². The number of carbonyl (C=O) groups excluding carboxylic acids is 3. The largest absolute Gasteiger partial charge is 0.466 e. The molecule has 0 bridgehead atoms. The Morgan fingerprint density at radius 1 is 1.15 bits per heavy atom. The van der Waals surface area contributed by atoms with Gasteiger partial charge in [-0.1, -0.05) is 19.9 Å². The highest BCUT2D eigenvalue weighted by molar-refractivity contribution is 5.83. The lowest BCUT2D eigenvalue weighted by Gasteiger charge is -2.21. The van der Waals surface area contributed by atoms with Crippen molar-refractivity contribution in [1.82, 2.24) is 10.6 Å². The first-order chi connectivity index (χ1) is 12.5. The summed E-state index contributed by atoms with van der Waals surface area (Å²) in [4.78, 5) is 34.9. The van der Waals surface area contributed by atoms with E-state index in [1.807, 2.05) is 13.8 Å². The molecule has 0 aromatic carbocycles. The third kappa shape index (κ3) is 12.8. The van der Waals surface area contributed by atoms with Crippen LogP contribution in [0.5, 0.6) is 0 Å². The second kappa shape index (κ2) is 12.3. The van der Waals surface area contributed by atoms with Crippen molar-refractivity contribution in [3.05, 3.63) is 12.2 Å². The summed E-state index contributed by atoms with van der Waals surface area (Å²) in [5, 5.41) is 5.50.